The maximum absolute atomic E-state index is 12.6. The summed E-state index contributed by atoms with van der Waals surface area (Å²) in [5.74, 6) is 0.0304. The first-order valence-corrected chi connectivity index (χ1v) is 8.26. The molecule has 3 N–H and O–H groups in total. The number of aliphatic hydroxyl groups is 1. The maximum atomic E-state index is 12.6. The van der Waals surface area contributed by atoms with Crippen LogP contribution in [-0.4, -0.2) is 37.5 Å². The number of benzene rings is 1. The number of aliphatic hydroxyl groups excluding tert-OH is 1. The van der Waals surface area contributed by atoms with Crippen LogP contribution >= 0.6 is 15.9 Å². The summed E-state index contributed by atoms with van der Waals surface area (Å²) in [6, 6.07) is 3.20. The third-order valence-electron chi connectivity index (χ3n) is 3.42. The van der Waals surface area contributed by atoms with Crippen LogP contribution in [0, 0.1) is 12.8 Å². The zero-order valence-electron chi connectivity index (χ0n) is 10.6. The van der Waals surface area contributed by atoms with Crippen molar-refractivity contribution < 1.29 is 13.5 Å². The summed E-state index contributed by atoms with van der Waals surface area (Å²) < 4.78 is 27.2. The number of nitrogens with two attached hydrogens (primary N) is 1. The van der Waals surface area contributed by atoms with Gasteiger partial charge in [-0.3, -0.25) is 0 Å². The van der Waals surface area contributed by atoms with Gasteiger partial charge in [-0.1, -0.05) is 0 Å². The quantitative estimate of drug-likeness (QED) is 0.807. The van der Waals surface area contributed by atoms with Crippen molar-refractivity contribution in [1.29, 1.82) is 0 Å². The number of halogens is 1. The molecule has 0 radical (unpaired) electrons. The smallest absolute Gasteiger partial charge is 0.243 e. The first-order chi connectivity index (χ1) is 8.86. The number of nitrogen functional groups attached to an aromatic ring is 1. The molecule has 0 aliphatic carbocycles. The van der Waals surface area contributed by atoms with E-state index in [1.807, 2.05) is 0 Å². The van der Waals surface area contributed by atoms with Crippen molar-refractivity contribution in [1.82, 2.24) is 4.31 Å². The molecule has 19 heavy (non-hydrogen) atoms. The van der Waals surface area contributed by atoms with E-state index in [0.29, 0.717) is 35.2 Å². The molecule has 7 heteroatoms. The van der Waals surface area contributed by atoms with E-state index >= 15 is 0 Å². The minimum atomic E-state index is -3.53. The standard InChI is InChI=1S/C12H17BrN2O3S/c1-8-4-10(13)11(14)5-12(8)19(17,18)15-3-2-9(6-15)7-16/h4-5,9,16H,2-3,6-7,14H2,1H3. The fourth-order valence-electron chi connectivity index (χ4n) is 2.25. The van der Waals surface area contributed by atoms with Crippen molar-refractivity contribution >= 4 is 31.6 Å². The van der Waals surface area contributed by atoms with Gasteiger partial charge in [0.05, 0.1) is 4.90 Å². The summed E-state index contributed by atoms with van der Waals surface area (Å²) in [7, 11) is -3.53. The summed E-state index contributed by atoms with van der Waals surface area (Å²) in [6.07, 6.45) is 0.695. The van der Waals surface area contributed by atoms with E-state index in [2.05, 4.69) is 15.9 Å². The third kappa shape index (κ3) is 2.79. The Hall–Kier alpha value is -0.630. The topological polar surface area (TPSA) is 83.6 Å². The summed E-state index contributed by atoms with van der Waals surface area (Å²) in [4.78, 5) is 0.242. The molecule has 1 aromatic carbocycles. The van der Waals surface area contributed by atoms with Crippen molar-refractivity contribution in [3.05, 3.63) is 22.2 Å². The van der Waals surface area contributed by atoms with Crippen molar-refractivity contribution in [3.63, 3.8) is 0 Å². The molecule has 1 unspecified atom stereocenters. The van der Waals surface area contributed by atoms with Gasteiger partial charge in [0.25, 0.3) is 0 Å². The first kappa shape index (κ1) is 14.8. The number of sulfonamides is 1. The molecule has 1 aliphatic heterocycles. The van der Waals surface area contributed by atoms with Gasteiger partial charge < -0.3 is 10.8 Å². The maximum Gasteiger partial charge on any atom is 0.243 e. The van der Waals surface area contributed by atoms with Gasteiger partial charge in [-0.15, -0.1) is 0 Å². The summed E-state index contributed by atoms with van der Waals surface area (Å²) in [6.45, 7) is 2.58. The lowest BCUT2D eigenvalue weighted by molar-refractivity contribution is 0.233. The van der Waals surface area contributed by atoms with E-state index in [1.165, 1.54) is 10.4 Å². The second-order valence-electron chi connectivity index (χ2n) is 4.84. The zero-order chi connectivity index (χ0) is 14.2. The zero-order valence-corrected chi connectivity index (χ0v) is 13.0. The number of aryl methyl sites for hydroxylation is 1. The van der Waals surface area contributed by atoms with Crippen LogP contribution in [0.1, 0.15) is 12.0 Å². The molecule has 1 saturated heterocycles. The molecule has 5 nitrogen and oxygen atoms in total. The predicted molar refractivity (Wildman–Crippen MR) is 77.2 cm³/mol. The van der Waals surface area contributed by atoms with Gasteiger partial charge in [-0.05, 0) is 52.9 Å². The van der Waals surface area contributed by atoms with Crippen molar-refractivity contribution in [3.8, 4) is 0 Å². The second kappa shape index (κ2) is 5.40. The van der Waals surface area contributed by atoms with Crippen molar-refractivity contribution in [2.24, 2.45) is 5.92 Å². The Balaban J connectivity index is 2.38. The molecule has 0 amide bonds. The SMILES string of the molecule is Cc1cc(Br)c(N)cc1S(=O)(=O)N1CCC(CO)C1. The van der Waals surface area contributed by atoms with Gasteiger partial charge in [0.15, 0.2) is 0 Å². The predicted octanol–water partition coefficient (Wildman–Crippen LogP) is 1.34. The van der Waals surface area contributed by atoms with Crippen molar-refractivity contribution in [2.45, 2.75) is 18.2 Å². The number of hydrogen-bond donors (Lipinski definition) is 2. The molecule has 0 spiro atoms. The molecule has 0 bridgehead atoms. The Labute approximate surface area is 121 Å². The lowest BCUT2D eigenvalue weighted by Gasteiger charge is -2.18. The lowest BCUT2D eigenvalue weighted by Crippen LogP contribution is -2.30. The third-order valence-corrected chi connectivity index (χ3v) is 6.11. The van der Waals surface area contributed by atoms with E-state index < -0.39 is 10.0 Å². The van der Waals surface area contributed by atoms with Crippen LogP contribution in [0.25, 0.3) is 0 Å². The highest BCUT2D eigenvalue weighted by Gasteiger charge is 2.33. The largest absolute Gasteiger partial charge is 0.398 e. The van der Waals surface area contributed by atoms with E-state index in [0.717, 1.165) is 0 Å². The molecule has 1 atom stereocenters. The number of rotatable bonds is 3. The Kier molecular flexibility index (Phi) is 4.20. The fourth-order valence-corrected chi connectivity index (χ4v) is 4.48. The molecule has 0 saturated carbocycles. The average molecular weight is 349 g/mol. The average Bonchev–Trinajstić information content (AvgIpc) is 2.83. The summed E-state index contributed by atoms with van der Waals surface area (Å²) in [5.41, 5.74) is 6.83. The highest BCUT2D eigenvalue weighted by molar-refractivity contribution is 9.10. The lowest BCUT2D eigenvalue weighted by atomic mass is 10.1. The van der Waals surface area contributed by atoms with Gasteiger partial charge in [0, 0.05) is 29.9 Å². The van der Waals surface area contributed by atoms with Gasteiger partial charge in [-0.2, -0.15) is 4.31 Å². The number of nitrogens with zero attached hydrogens (tertiary/aromatic N) is 1. The van der Waals surface area contributed by atoms with Crippen LogP contribution in [0.5, 0.6) is 0 Å². The van der Waals surface area contributed by atoms with Crippen LogP contribution in [0.15, 0.2) is 21.5 Å². The van der Waals surface area contributed by atoms with E-state index in [9.17, 15) is 8.42 Å². The van der Waals surface area contributed by atoms with Crippen molar-refractivity contribution in [2.75, 3.05) is 25.4 Å². The molecule has 2 rings (SSSR count). The van der Waals surface area contributed by atoms with E-state index in [1.54, 1.807) is 13.0 Å². The normalized spacial score (nSPS) is 20.9. The van der Waals surface area contributed by atoms with Crippen LogP contribution in [-0.2, 0) is 10.0 Å². The van der Waals surface area contributed by atoms with Gasteiger partial charge in [0.2, 0.25) is 10.0 Å². The summed E-state index contributed by atoms with van der Waals surface area (Å²) >= 11 is 3.28. The second-order valence-corrected chi connectivity index (χ2v) is 7.60. The van der Waals surface area contributed by atoms with Crippen LogP contribution < -0.4 is 5.73 Å². The molecular weight excluding hydrogens is 332 g/mol. The number of hydrogen-bond acceptors (Lipinski definition) is 4. The Bertz CT molecular complexity index is 589. The van der Waals surface area contributed by atoms with Gasteiger partial charge >= 0.3 is 0 Å². The Morgan fingerprint density at radius 1 is 1.53 bits per heavy atom. The Morgan fingerprint density at radius 3 is 2.79 bits per heavy atom. The fraction of sp³-hybridized carbons (Fsp3) is 0.500. The summed E-state index contributed by atoms with van der Waals surface area (Å²) in [5, 5.41) is 9.11. The van der Waals surface area contributed by atoms with Crippen LogP contribution in [0.3, 0.4) is 0 Å². The molecule has 1 aliphatic rings. The van der Waals surface area contributed by atoms with Crippen LogP contribution in [0.2, 0.25) is 0 Å². The Morgan fingerprint density at radius 2 is 2.21 bits per heavy atom. The highest BCUT2D eigenvalue weighted by atomic mass is 79.9. The minimum absolute atomic E-state index is 0.0213. The van der Waals surface area contributed by atoms with E-state index in [4.69, 9.17) is 10.8 Å². The molecule has 106 valence electrons. The molecular formula is C12H17BrN2O3S. The molecule has 1 heterocycles. The minimum Gasteiger partial charge on any atom is -0.398 e. The highest BCUT2D eigenvalue weighted by Crippen LogP contribution is 2.30. The number of anilines is 1. The van der Waals surface area contributed by atoms with Crippen LogP contribution in [0.4, 0.5) is 5.69 Å². The molecule has 1 fully saturated rings. The molecule has 0 aromatic heterocycles. The molecule has 1 aromatic rings. The monoisotopic (exact) mass is 348 g/mol. The first-order valence-electron chi connectivity index (χ1n) is 6.03. The van der Waals surface area contributed by atoms with Gasteiger partial charge in [0.1, 0.15) is 0 Å². The van der Waals surface area contributed by atoms with E-state index in [-0.39, 0.29) is 17.4 Å². The van der Waals surface area contributed by atoms with Gasteiger partial charge in [-0.25, -0.2) is 8.42 Å².